The van der Waals surface area contributed by atoms with Gasteiger partial charge < -0.3 is 0 Å². The zero-order valence-corrected chi connectivity index (χ0v) is 15.9. The molecule has 3 aromatic rings. The van der Waals surface area contributed by atoms with Crippen molar-refractivity contribution in [2.24, 2.45) is 5.92 Å². The highest BCUT2D eigenvalue weighted by Crippen LogP contribution is 2.29. The van der Waals surface area contributed by atoms with E-state index in [4.69, 9.17) is 0 Å². The summed E-state index contributed by atoms with van der Waals surface area (Å²) in [6, 6.07) is 29.1. The number of allylic oxidation sites excluding steroid dienone is 4. The Morgan fingerprint density at radius 3 is 2.21 bits per heavy atom. The number of benzene rings is 3. The Labute approximate surface area is 167 Å². The van der Waals surface area contributed by atoms with Crippen molar-refractivity contribution < 1.29 is 4.79 Å². The fourth-order valence-corrected chi connectivity index (χ4v) is 3.84. The van der Waals surface area contributed by atoms with Gasteiger partial charge in [-0.05, 0) is 40.2 Å². The maximum Gasteiger partial charge on any atom is 0.137 e. The van der Waals surface area contributed by atoms with E-state index in [2.05, 4.69) is 72.8 Å². The summed E-state index contributed by atoms with van der Waals surface area (Å²) in [5.74, 6) is 0.583. The lowest BCUT2D eigenvalue weighted by Crippen LogP contribution is -2.11. The molecule has 0 fully saturated rings. The molecule has 138 valence electrons. The van der Waals surface area contributed by atoms with Crippen LogP contribution in [-0.2, 0) is 11.2 Å². The normalized spacial score (nSPS) is 15.9. The summed E-state index contributed by atoms with van der Waals surface area (Å²) in [7, 11) is 0. The second kappa shape index (κ2) is 8.67. The Bertz CT molecular complexity index is 997. The summed E-state index contributed by atoms with van der Waals surface area (Å²) in [6.07, 6.45) is 8.45. The van der Waals surface area contributed by atoms with Crippen LogP contribution in [0.2, 0.25) is 0 Å². The van der Waals surface area contributed by atoms with Crippen molar-refractivity contribution in [3.8, 4) is 11.1 Å². The molecular weight excluding hydrogens is 340 g/mol. The number of carbonyl (C=O) groups excluding carboxylic acids is 1. The van der Waals surface area contributed by atoms with Gasteiger partial charge in [-0.1, -0.05) is 103 Å². The summed E-state index contributed by atoms with van der Waals surface area (Å²) in [5.41, 5.74) is 6.00. The van der Waals surface area contributed by atoms with Crippen LogP contribution in [0.4, 0.5) is 0 Å². The second-order valence-electron chi connectivity index (χ2n) is 7.39. The SMILES string of the molecule is O=C(Cc1cccc(-c2ccccc2)c1)CC1C=CC=C(c2ccccc2)C1. The van der Waals surface area contributed by atoms with Crippen molar-refractivity contribution in [3.63, 3.8) is 0 Å². The molecule has 0 saturated carbocycles. The van der Waals surface area contributed by atoms with Crippen LogP contribution in [0.15, 0.2) is 103 Å². The van der Waals surface area contributed by atoms with E-state index in [1.165, 1.54) is 16.7 Å². The van der Waals surface area contributed by atoms with Crippen molar-refractivity contribution in [3.05, 3.63) is 114 Å². The summed E-state index contributed by atoms with van der Waals surface area (Å²) in [5, 5.41) is 0. The van der Waals surface area contributed by atoms with Gasteiger partial charge in [-0.15, -0.1) is 0 Å². The van der Waals surface area contributed by atoms with Crippen molar-refractivity contribution >= 4 is 11.4 Å². The number of Topliss-reactive ketones (excluding diaryl/α,β-unsaturated/α-hetero) is 1. The Hall–Kier alpha value is -3.19. The Morgan fingerprint density at radius 1 is 0.786 bits per heavy atom. The number of rotatable bonds is 6. The molecule has 1 heteroatoms. The Balaban J connectivity index is 1.39. The molecule has 1 aliphatic rings. The smallest absolute Gasteiger partial charge is 0.137 e. The molecule has 0 spiro atoms. The van der Waals surface area contributed by atoms with Gasteiger partial charge in [0.15, 0.2) is 0 Å². The number of hydrogen-bond acceptors (Lipinski definition) is 1. The van der Waals surface area contributed by atoms with Crippen LogP contribution in [0.1, 0.15) is 24.0 Å². The highest BCUT2D eigenvalue weighted by Gasteiger charge is 2.17. The average molecular weight is 364 g/mol. The van der Waals surface area contributed by atoms with Gasteiger partial charge in [-0.2, -0.15) is 0 Å². The lowest BCUT2D eigenvalue weighted by molar-refractivity contribution is -0.119. The zero-order chi connectivity index (χ0) is 19.2. The molecule has 4 rings (SSSR count). The predicted octanol–water partition coefficient (Wildman–Crippen LogP) is 6.52. The topological polar surface area (TPSA) is 17.1 Å². The molecule has 0 amide bonds. The van der Waals surface area contributed by atoms with Crippen LogP contribution in [-0.4, -0.2) is 5.78 Å². The summed E-state index contributed by atoms with van der Waals surface area (Å²) in [6.45, 7) is 0. The number of hydrogen-bond donors (Lipinski definition) is 0. The molecule has 0 saturated heterocycles. The first-order valence-corrected chi connectivity index (χ1v) is 9.87. The first-order valence-electron chi connectivity index (χ1n) is 9.87. The van der Waals surface area contributed by atoms with Gasteiger partial charge in [0.05, 0.1) is 0 Å². The first kappa shape index (κ1) is 18.2. The third kappa shape index (κ3) is 4.55. The van der Waals surface area contributed by atoms with E-state index in [0.29, 0.717) is 18.6 Å². The minimum atomic E-state index is 0.282. The molecule has 0 bridgehead atoms. The van der Waals surface area contributed by atoms with E-state index < -0.39 is 0 Å². The molecule has 28 heavy (non-hydrogen) atoms. The van der Waals surface area contributed by atoms with Gasteiger partial charge in [0.1, 0.15) is 5.78 Å². The van der Waals surface area contributed by atoms with Crippen molar-refractivity contribution in [2.75, 3.05) is 0 Å². The average Bonchev–Trinajstić information content (AvgIpc) is 2.75. The summed E-state index contributed by atoms with van der Waals surface area (Å²) >= 11 is 0. The molecule has 3 aromatic carbocycles. The van der Waals surface area contributed by atoms with Crippen LogP contribution in [0.25, 0.3) is 16.7 Å². The van der Waals surface area contributed by atoms with Gasteiger partial charge in [0, 0.05) is 12.8 Å². The van der Waals surface area contributed by atoms with Gasteiger partial charge in [-0.25, -0.2) is 0 Å². The second-order valence-corrected chi connectivity index (χ2v) is 7.39. The lowest BCUT2D eigenvalue weighted by Gasteiger charge is -2.18. The van der Waals surface area contributed by atoms with Gasteiger partial charge in [0.2, 0.25) is 0 Å². The van der Waals surface area contributed by atoms with Crippen molar-refractivity contribution in [1.29, 1.82) is 0 Å². The molecule has 0 N–H and O–H groups in total. The zero-order valence-electron chi connectivity index (χ0n) is 15.9. The van der Waals surface area contributed by atoms with E-state index in [9.17, 15) is 4.79 Å². The highest BCUT2D eigenvalue weighted by atomic mass is 16.1. The number of ketones is 1. The number of carbonyl (C=O) groups is 1. The molecule has 1 atom stereocenters. The van der Waals surface area contributed by atoms with Gasteiger partial charge in [-0.3, -0.25) is 4.79 Å². The van der Waals surface area contributed by atoms with Crippen molar-refractivity contribution in [1.82, 2.24) is 0 Å². The molecule has 0 aromatic heterocycles. The molecular formula is C27H24O. The van der Waals surface area contributed by atoms with E-state index in [0.717, 1.165) is 17.5 Å². The van der Waals surface area contributed by atoms with E-state index >= 15 is 0 Å². The molecule has 0 radical (unpaired) electrons. The molecule has 1 aliphatic carbocycles. The van der Waals surface area contributed by atoms with Crippen LogP contribution in [0.5, 0.6) is 0 Å². The van der Waals surface area contributed by atoms with Gasteiger partial charge >= 0.3 is 0 Å². The van der Waals surface area contributed by atoms with Crippen LogP contribution < -0.4 is 0 Å². The Kier molecular flexibility index (Phi) is 5.63. The van der Waals surface area contributed by atoms with Gasteiger partial charge in [0.25, 0.3) is 0 Å². The largest absolute Gasteiger partial charge is 0.299 e. The minimum Gasteiger partial charge on any atom is -0.299 e. The maximum absolute atomic E-state index is 12.7. The standard InChI is InChI=1S/C27H24O/c28-27(19-21-9-7-15-25(17-21)23-11-3-1-4-12-23)20-22-10-8-16-26(18-22)24-13-5-2-6-14-24/h1-17,22H,18-20H2. The van der Waals surface area contributed by atoms with Crippen LogP contribution >= 0.6 is 0 Å². The summed E-state index contributed by atoms with van der Waals surface area (Å²) < 4.78 is 0. The molecule has 0 heterocycles. The van der Waals surface area contributed by atoms with Crippen molar-refractivity contribution in [2.45, 2.75) is 19.3 Å². The van der Waals surface area contributed by atoms with Crippen LogP contribution in [0.3, 0.4) is 0 Å². The minimum absolute atomic E-state index is 0.282. The molecule has 0 aliphatic heterocycles. The maximum atomic E-state index is 12.7. The summed E-state index contributed by atoms with van der Waals surface area (Å²) in [4.78, 5) is 12.7. The van der Waals surface area contributed by atoms with E-state index in [-0.39, 0.29) is 5.92 Å². The lowest BCUT2D eigenvalue weighted by atomic mass is 9.86. The Morgan fingerprint density at radius 2 is 1.46 bits per heavy atom. The van der Waals surface area contributed by atoms with E-state index in [1.807, 2.05) is 30.3 Å². The van der Waals surface area contributed by atoms with Crippen LogP contribution in [0, 0.1) is 5.92 Å². The first-order chi connectivity index (χ1) is 13.8. The predicted molar refractivity (Wildman–Crippen MR) is 117 cm³/mol. The molecule has 1 unspecified atom stereocenters. The fraction of sp³-hybridized carbons (Fsp3) is 0.148. The molecule has 1 nitrogen and oxygen atoms in total. The third-order valence-corrected chi connectivity index (χ3v) is 5.23. The quantitative estimate of drug-likeness (QED) is 0.487. The third-order valence-electron chi connectivity index (χ3n) is 5.23. The highest BCUT2D eigenvalue weighted by molar-refractivity contribution is 5.82. The monoisotopic (exact) mass is 364 g/mol. The fourth-order valence-electron chi connectivity index (χ4n) is 3.84. The van der Waals surface area contributed by atoms with E-state index in [1.54, 1.807) is 0 Å².